The van der Waals surface area contributed by atoms with Crippen LogP contribution in [0.4, 0.5) is 0 Å². The van der Waals surface area contributed by atoms with E-state index in [0.717, 1.165) is 35.6 Å². The van der Waals surface area contributed by atoms with Crippen molar-refractivity contribution < 1.29 is 0 Å². The van der Waals surface area contributed by atoms with Gasteiger partial charge in [-0.15, -0.1) is 0 Å². The van der Waals surface area contributed by atoms with Gasteiger partial charge in [0.15, 0.2) is 14.3 Å². The SMILES string of the molecule is C.S=c1[nH]cc(Cc2c[nH]c(=S)[nH]2)[nH]1.S=c1[nH]cc(Cc2cnc[nH]2)[nH]1. The van der Waals surface area contributed by atoms with Crippen LogP contribution in [0.2, 0.25) is 0 Å². The molecule has 138 valence electrons. The molecule has 0 saturated heterocycles. The molecule has 0 spiro atoms. The fraction of sp³-hybridized carbons (Fsp3) is 0.200. The second-order valence-corrected chi connectivity index (χ2v) is 6.46. The normalized spacial score (nSPS) is 10.0. The van der Waals surface area contributed by atoms with Crippen molar-refractivity contribution in [2.24, 2.45) is 0 Å². The van der Waals surface area contributed by atoms with Gasteiger partial charge in [-0.3, -0.25) is 0 Å². The summed E-state index contributed by atoms with van der Waals surface area (Å²) in [7, 11) is 0. The second-order valence-electron chi connectivity index (χ2n) is 5.23. The summed E-state index contributed by atoms with van der Waals surface area (Å²) >= 11 is 14.7. The molecule has 4 heterocycles. The van der Waals surface area contributed by atoms with E-state index in [2.05, 4.69) is 39.9 Å². The maximum atomic E-state index is 4.90. The van der Waals surface area contributed by atoms with E-state index in [1.807, 2.05) is 18.6 Å². The Bertz CT molecular complexity index is 1030. The van der Waals surface area contributed by atoms with Gasteiger partial charge < -0.3 is 34.9 Å². The van der Waals surface area contributed by atoms with Gasteiger partial charge in [0.2, 0.25) is 0 Å². The number of hydrogen-bond acceptors (Lipinski definition) is 4. The maximum absolute atomic E-state index is 4.90. The number of rotatable bonds is 4. The summed E-state index contributed by atoms with van der Waals surface area (Å²) in [5, 5.41) is 0. The van der Waals surface area contributed by atoms with Crippen molar-refractivity contribution in [3.63, 3.8) is 0 Å². The molecule has 0 aromatic carbocycles. The Balaban J connectivity index is 0.000000180. The summed E-state index contributed by atoms with van der Waals surface area (Å²) in [5.74, 6) is 0. The molecule has 0 bridgehead atoms. The highest BCUT2D eigenvalue weighted by Crippen LogP contribution is 2.03. The van der Waals surface area contributed by atoms with Crippen LogP contribution in [0.25, 0.3) is 0 Å². The van der Waals surface area contributed by atoms with Crippen molar-refractivity contribution in [1.82, 2.24) is 39.9 Å². The molecule has 4 aromatic rings. The Labute approximate surface area is 165 Å². The molecular weight excluding hydrogens is 388 g/mol. The average Bonchev–Trinajstić information content (AvgIpc) is 3.34. The number of hydrogen-bond donors (Lipinski definition) is 7. The van der Waals surface area contributed by atoms with E-state index in [-0.39, 0.29) is 7.43 Å². The minimum Gasteiger partial charge on any atom is -0.348 e. The van der Waals surface area contributed by atoms with E-state index in [4.69, 9.17) is 36.7 Å². The lowest BCUT2D eigenvalue weighted by molar-refractivity contribution is 1.05. The molecule has 0 atom stereocenters. The molecule has 8 nitrogen and oxygen atoms in total. The molecule has 11 heteroatoms. The lowest BCUT2D eigenvalue weighted by Crippen LogP contribution is -1.87. The molecule has 4 rings (SSSR count). The number of H-pyrrole nitrogens is 7. The predicted molar refractivity (Wildman–Crippen MR) is 109 cm³/mol. The van der Waals surface area contributed by atoms with Gasteiger partial charge in [0.25, 0.3) is 0 Å². The van der Waals surface area contributed by atoms with Crippen LogP contribution in [0, 0.1) is 14.3 Å². The fourth-order valence-electron chi connectivity index (χ4n) is 2.19. The van der Waals surface area contributed by atoms with Crippen LogP contribution in [0.3, 0.4) is 0 Å². The lowest BCUT2D eigenvalue weighted by atomic mass is 10.3. The van der Waals surface area contributed by atoms with Crippen LogP contribution in [-0.4, -0.2) is 39.9 Å². The van der Waals surface area contributed by atoms with Gasteiger partial charge in [-0.25, -0.2) is 4.98 Å². The Hall–Kier alpha value is -2.50. The highest BCUT2D eigenvalue weighted by atomic mass is 32.1. The predicted octanol–water partition coefficient (Wildman–Crippen LogP) is 4.07. The van der Waals surface area contributed by atoms with Crippen molar-refractivity contribution in [1.29, 1.82) is 0 Å². The molecule has 0 unspecified atom stereocenters. The third kappa shape index (κ3) is 5.79. The zero-order valence-corrected chi connectivity index (χ0v) is 15.4. The van der Waals surface area contributed by atoms with E-state index in [9.17, 15) is 0 Å². The number of aromatic amines is 7. The summed E-state index contributed by atoms with van der Waals surface area (Å²) in [4.78, 5) is 24.7. The Morgan fingerprint density at radius 3 is 1.38 bits per heavy atom. The molecule has 0 saturated carbocycles. The molecular formula is C15H20N8S3. The lowest BCUT2D eigenvalue weighted by Gasteiger charge is -1.90. The third-order valence-electron chi connectivity index (χ3n) is 3.27. The zero-order chi connectivity index (χ0) is 17.6. The minimum atomic E-state index is 0. The van der Waals surface area contributed by atoms with E-state index >= 15 is 0 Å². The van der Waals surface area contributed by atoms with Crippen LogP contribution in [-0.2, 0) is 12.8 Å². The smallest absolute Gasteiger partial charge is 0.174 e. The first-order valence-corrected chi connectivity index (χ1v) is 8.58. The van der Waals surface area contributed by atoms with Gasteiger partial charge in [0.1, 0.15) is 0 Å². The van der Waals surface area contributed by atoms with Crippen molar-refractivity contribution in [2.45, 2.75) is 20.3 Å². The molecule has 7 N–H and O–H groups in total. The van der Waals surface area contributed by atoms with E-state index < -0.39 is 0 Å². The molecule has 26 heavy (non-hydrogen) atoms. The maximum Gasteiger partial charge on any atom is 0.174 e. The number of nitrogens with one attached hydrogen (secondary N) is 7. The molecule has 0 aliphatic carbocycles. The second kappa shape index (κ2) is 9.27. The monoisotopic (exact) mass is 408 g/mol. The first-order chi connectivity index (χ1) is 12.1. The fourth-order valence-corrected chi connectivity index (χ4v) is 2.76. The van der Waals surface area contributed by atoms with Crippen molar-refractivity contribution in [2.75, 3.05) is 0 Å². The summed E-state index contributed by atoms with van der Waals surface area (Å²) < 4.78 is 1.94. The third-order valence-corrected chi connectivity index (χ3v) is 3.93. The Morgan fingerprint density at radius 2 is 1.08 bits per heavy atom. The standard InChI is InChI=1S/C7H8N4S2.C7H8N4S.CH4/c12-6-8-2-4(10-6)1-5-3-9-7(13)11-5;12-7-9-3-6(11-7)1-5-2-8-4-10-5;/h2-3H,1H2,(H2,8,10,12)(H2,9,11,13);2-4H,1H2,(H,8,10)(H2,9,11,12);1H4. The van der Waals surface area contributed by atoms with Crippen molar-refractivity contribution in [3.05, 3.63) is 68.2 Å². The van der Waals surface area contributed by atoms with Gasteiger partial charge in [-0.1, -0.05) is 7.43 Å². The summed E-state index contributed by atoms with van der Waals surface area (Å²) in [6.07, 6.45) is 10.6. The summed E-state index contributed by atoms with van der Waals surface area (Å²) in [5.41, 5.74) is 4.20. The number of aromatic nitrogens is 8. The van der Waals surface area contributed by atoms with Crippen molar-refractivity contribution >= 4 is 36.7 Å². The van der Waals surface area contributed by atoms with Gasteiger partial charge in [-0.2, -0.15) is 0 Å². The number of nitrogens with zero attached hydrogens (tertiary/aromatic N) is 1. The highest BCUT2D eigenvalue weighted by Gasteiger charge is 1.98. The molecule has 4 aromatic heterocycles. The molecule has 0 radical (unpaired) electrons. The van der Waals surface area contributed by atoms with Crippen LogP contribution >= 0.6 is 36.7 Å². The summed E-state index contributed by atoms with van der Waals surface area (Å²) in [6.45, 7) is 0. The topological polar surface area (TPSA) is 123 Å². The summed E-state index contributed by atoms with van der Waals surface area (Å²) in [6, 6.07) is 0. The first-order valence-electron chi connectivity index (χ1n) is 7.35. The number of imidazole rings is 4. The van der Waals surface area contributed by atoms with Crippen LogP contribution < -0.4 is 0 Å². The Kier molecular flexibility index (Phi) is 7.06. The minimum absolute atomic E-state index is 0. The molecule has 0 amide bonds. The quantitative estimate of drug-likeness (QED) is 0.257. The van der Waals surface area contributed by atoms with Gasteiger partial charge in [0, 0.05) is 60.4 Å². The van der Waals surface area contributed by atoms with Gasteiger partial charge in [0.05, 0.1) is 6.33 Å². The van der Waals surface area contributed by atoms with Crippen LogP contribution in [0.1, 0.15) is 30.2 Å². The Morgan fingerprint density at radius 1 is 0.654 bits per heavy atom. The molecule has 0 aliphatic rings. The van der Waals surface area contributed by atoms with Crippen LogP contribution in [0.5, 0.6) is 0 Å². The van der Waals surface area contributed by atoms with Crippen molar-refractivity contribution in [3.8, 4) is 0 Å². The average molecular weight is 409 g/mol. The van der Waals surface area contributed by atoms with Gasteiger partial charge in [-0.05, 0) is 36.7 Å². The first kappa shape index (κ1) is 19.8. The highest BCUT2D eigenvalue weighted by molar-refractivity contribution is 7.71. The largest absolute Gasteiger partial charge is 0.348 e. The van der Waals surface area contributed by atoms with E-state index in [1.165, 1.54) is 0 Å². The van der Waals surface area contributed by atoms with E-state index in [0.29, 0.717) is 14.3 Å². The van der Waals surface area contributed by atoms with Crippen LogP contribution in [0.15, 0.2) is 31.1 Å². The molecule has 0 aliphatic heterocycles. The van der Waals surface area contributed by atoms with E-state index in [1.54, 1.807) is 12.5 Å². The molecule has 0 fully saturated rings. The zero-order valence-electron chi connectivity index (χ0n) is 13.0. The van der Waals surface area contributed by atoms with Gasteiger partial charge >= 0.3 is 0 Å².